The molecule has 3 aromatic carbocycles. The number of nitrogens with zero attached hydrogens (tertiary/aromatic N) is 5. The van der Waals surface area contributed by atoms with Crippen LogP contribution in [0.15, 0.2) is 91.6 Å². The van der Waals surface area contributed by atoms with E-state index in [1.165, 1.54) is 29.0 Å². The van der Waals surface area contributed by atoms with Gasteiger partial charge in [0, 0.05) is 50.2 Å². The van der Waals surface area contributed by atoms with E-state index in [4.69, 9.17) is 4.89 Å². The fourth-order valence-electron chi connectivity index (χ4n) is 6.91. The molecule has 1 unspecified atom stereocenters. The van der Waals surface area contributed by atoms with E-state index in [0.717, 1.165) is 22.0 Å². The summed E-state index contributed by atoms with van der Waals surface area (Å²) in [6, 6.07) is 19.3. The van der Waals surface area contributed by atoms with Crippen LogP contribution < -0.4 is 44.3 Å². The monoisotopic (exact) mass is 736 g/mol. The Morgan fingerprint density at radius 3 is 2.42 bits per heavy atom. The Kier molecular flexibility index (Phi) is 12.1. The summed E-state index contributed by atoms with van der Waals surface area (Å²) in [6.45, 7) is 5.70. The van der Waals surface area contributed by atoms with E-state index in [2.05, 4.69) is 16.4 Å². The Balaban J connectivity index is 0.00000523. The predicted octanol–water partition coefficient (Wildman–Crippen LogP) is -0.0390. The van der Waals surface area contributed by atoms with Crippen molar-refractivity contribution < 1.29 is 67.6 Å². The van der Waals surface area contributed by atoms with E-state index in [0.29, 0.717) is 11.1 Å². The molecular weight excluding hydrogens is 698 g/mol. The molecule has 1 aromatic heterocycles. The van der Waals surface area contributed by atoms with E-state index in [1.54, 1.807) is 34.3 Å². The Hall–Kier alpha value is -4.27. The molecule has 4 amide bonds. The third kappa shape index (κ3) is 8.34. The van der Waals surface area contributed by atoms with Gasteiger partial charge in [0.1, 0.15) is 18.0 Å². The molecule has 6 rings (SSSR count). The summed E-state index contributed by atoms with van der Waals surface area (Å²) in [6.07, 6.45) is 2.51. The largest absolute Gasteiger partial charge is 1.00 e. The summed E-state index contributed by atoms with van der Waals surface area (Å²) >= 11 is 0. The molecule has 16 heteroatoms. The molecule has 3 atom stereocenters. The average molecular weight is 737 g/mol. The normalized spacial score (nSPS) is 18.7. The molecule has 2 aliphatic rings. The van der Waals surface area contributed by atoms with Crippen molar-refractivity contribution >= 4 is 42.4 Å². The van der Waals surface area contributed by atoms with E-state index in [9.17, 15) is 28.6 Å². The number of Topliss-reactive ketones (excluding diaryl/α,β-unsaturated/α-hetero) is 1. The molecule has 2 N–H and O–H groups in total. The second-order valence-electron chi connectivity index (χ2n) is 12.6. The van der Waals surface area contributed by atoms with Crippen LogP contribution in [0.2, 0.25) is 0 Å². The first-order valence-corrected chi connectivity index (χ1v) is 17.8. The smallest absolute Gasteiger partial charge is 0.746 e. The van der Waals surface area contributed by atoms with Crippen LogP contribution in [0.5, 0.6) is 5.75 Å². The maximum atomic E-state index is 14.5. The zero-order valence-corrected chi connectivity index (χ0v) is 32.1. The zero-order valence-electron chi connectivity index (χ0n) is 29.2. The number of ketones is 1. The summed E-state index contributed by atoms with van der Waals surface area (Å²) < 4.78 is 17.7. The number of rotatable bonds is 11. The summed E-state index contributed by atoms with van der Waals surface area (Å²) in [5.41, 5.74) is 3.59. The number of phosphoric ester groups is 1. The van der Waals surface area contributed by atoms with Crippen molar-refractivity contribution in [2.45, 2.75) is 38.6 Å². The van der Waals surface area contributed by atoms with Crippen LogP contribution in [0, 0.1) is 0 Å². The van der Waals surface area contributed by atoms with Crippen molar-refractivity contribution in [1.29, 1.82) is 0 Å². The summed E-state index contributed by atoms with van der Waals surface area (Å²) in [5, 5.41) is 6.82. The standard InChI is InChI=1S/C36H39N6O8P.Na/c1-4-17-40-23-33(44)41-31(18-25-13-15-28(16-14-25)50-51(47,48)49)35(45)39(20-27-11-8-12-29-30(24(2)43)21-38(3)34(27)29)22-32(41)42(40)36(46)37-19-26-9-6-5-7-10-26;/h4-16,21,31-32H,1,17-20,22-23H2,2-3H3,(H,37,46)(H2,47,48,49);/q;+1/p-1/t31-,32-;/m0./s1. The maximum Gasteiger partial charge on any atom is 1.00 e. The van der Waals surface area contributed by atoms with E-state index < -0.39 is 26.1 Å². The van der Waals surface area contributed by atoms with Crippen LogP contribution in [0.25, 0.3) is 10.9 Å². The van der Waals surface area contributed by atoms with E-state index in [-0.39, 0.29) is 92.0 Å². The van der Waals surface area contributed by atoms with Gasteiger partial charge in [-0.3, -0.25) is 18.9 Å². The van der Waals surface area contributed by atoms with Crippen molar-refractivity contribution in [2.24, 2.45) is 7.05 Å². The number of urea groups is 1. The minimum Gasteiger partial charge on any atom is -0.746 e. The van der Waals surface area contributed by atoms with Crippen molar-refractivity contribution in [2.75, 3.05) is 19.6 Å². The van der Waals surface area contributed by atoms with Crippen LogP contribution in [0.4, 0.5) is 4.79 Å². The molecule has 0 spiro atoms. The number of carbonyl (C=O) groups is 4. The predicted molar refractivity (Wildman–Crippen MR) is 186 cm³/mol. The van der Waals surface area contributed by atoms with Gasteiger partial charge in [0.15, 0.2) is 5.78 Å². The molecule has 3 heterocycles. The van der Waals surface area contributed by atoms with Crippen LogP contribution >= 0.6 is 7.82 Å². The SMILES string of the molecule is C=CCN1CC(=O)N2[C@@H](Cc3ccc(OP(=O)([O-])O)cc3)C(=O)N(Cc3cccc4c(C(C)=O)cn(C)c34)C[C@@H]2N1C(=O)NCc1ccccc1.[Na+]. The molecule has 2 fully saturated rings. The number of piperazine rings is 1. The Bertz CT molecular complexity index is 2040. The van der Waals surface area contributed by atoms with Crippen molar-refractivity contribution in [3.05, 3.63) is 114 Å². The molecule has 0 aliphatic carbocycles. The molecule has 2 saturated heterocycles. The second kappa shape index (κ2) is 16.2. The van der Waals surface area contributed by atoms with Gasteiger partial charge in [-0.05, 0) is 35.7 Å². The fraction of sp³-hybridized carbons (Fsp3) is 0.278. The van der Waals surface area contributed by atoms with Crippen LogP contribution in [0.3, 0.4) is 0 Å². The minimum absolute atomic E-state index is 0. The second-order valence-corrected chi connectivity index (χ2v) is 13.7. The van der Waals surface area contributed by atoms with Gasteiger partial charge >= 0.3 is 43.4 Å². The third-order valence-electron chi connectivity index (χ3n) is 9.06. The molecule has 14 nitrogen and oxygen atoms in total. The Labute approximate surface area is 323 Å². The number of fused-ring (bicyclic) bond motifs is 2. The molecular formula is C36H38N6NaO8P. The van der Waals surface area contributed by atoms with Gasteiger partial charge in [-0.15, -0.1) is 6.58 Å². The number of hydrogen-bond acceptors (Lipinski definition) is 8. The van der Waals surface area contributed by atoms with Crippen molar-refractivity contribution in [3.8, 4) is 5.75 Å². The molecule has 2 aliphatic heterocycles. The van der Waals surface area contributed by atoms with Gasteiger partial charge in [0.25, 0.3) is 0 Å². The number of hydrazine groups is 1. The quantitative estimate of drug-likeness (QED) is 0.0930. The van der Waals surface area contributed by atoms with Gasteiger partial charge in [0.2, 0.25) is 11.8 Å². The number of benzene rings is 3. The number of amides is 4. The Morgan fingerprint density at radius 2 is 1.77 bits per heavy atom. The fourth-order valence-corrected chi connectivity index (χ4v) is 7.30. The number of hydrogen-bond donors (Lipinski definition) is 2. The van der Waals surface area contributed by atoms with Gasteiger partial charge in [-0.1, -0.05) is 66.7 Å². The molecule has 0 radical (unpaired) electrons. The van der Waals surface area contributed by atoms with Crippen LogP contribution in [-0.4, -0.2) is 84.7 Å². The average Bonchev–Trinajstić information content (AvgIpc) is 3.43. The van der Waals surface area contributed by atoms with Gasteiger partial charge in [-0.25, -0.2) is 14.8 Å². The molecule has 0 bridgehead atoms. The first-order chi connectivity index (χ1) is 24.3. The van der Waals surface area contributed by atoms with Crippen LogP contribution in [0.1, 0.15) is 34.0 Å². The first kappa shape index (κ1) is 38.9. The molecule has 4 aromatic rings. The topological polar surface area (TPSA) is 168 Å². The van der Waals surface area contributed by atoms with Crippen molar-refractivity contribution in [3.63, 3.8) is 0 Å². The first-order valence-electron chi connectivity index (χ1n) is 16.3. The number of nitrogens with one attached hydrogen (secondary N) is 1. The molecule has 0 saturated carbocycles. The minimum atomic E-state index is -5.04. The summed E-state index contributed by atoms with van der Waals surface area (Å²) in [7, 11) is -3.20. The molecule has 266 valence electrons. The maximum absolute atomic E-state index is 14.5. The van der Waals surface area contributed by atoms with Gasteiger partial charge in [-0.2, -0.15) is 0 Å². The number of phosphoric acid groups is 1. The Morgan fingerprint density at radius 1 is 1.06 bits per heavy atom. The van der Waals surface area contributed by atoms with Gasteiger partial charge < -0.3 is 34.0 Å². The zero-order chi connectivity index (χ0) is 36.4. The number of aromatic nitrogens is 1. The van der Waals surface area contributed by atoms with Gasteiger partial charge in [0.05, 0.1) is 18.6 Å². The van der Waals surface area contributed by atoms with E-state index >= 15 is 0 Å². The van der Waals surface area contributed by atoms with E-state index in [1.807, 2.05) is 60.1 Å². The summed E-state index contributed by atoms with van der Waals surface area (Å²) in [4.78, 5) is 78.4. The van der Waals surface area contributed by atoms with Crippen molar-refractivity contribution in [1.82, 2.24) is 29.7 Å². The number of para-hydroxylation sites is 1. The number of carbonyl (C=O) groups excluding carboxylic acids is 4. The summed E-state index contributed by atoms with van der Waals surface area (Å²) in [5.74, 6) is -0.907. The number of aryl methyl sites for hydroxylation is 1. The third-order valence-corrected chi connectivity index (χ3v) is 9.51. The van der Waals surface area contributed by atoms with Crippen LogP contribution in [-0.2, 0) is 40.7 Å². The molecule has 52 heavy (non-hydrogen) atoms.